The lowest BCUT2D eigenvalue weighted by Gasteiger charge is -2.06. The number of carbonyl (C=O) groups is 1. The maximum atomic E-state index is 12.2. The molecule has 1 heterocycles. The highest BCUT2D eigenvalue weighted by molar-refractivity contribution is 5.96. The summed E-state index contributed by atoms with van der Waals surface area (Å²) in [6, 6.07) is 10.9. The van der Waals surface area contributed by atoms with Crippen LogP contribution in [0.2, 0.25) is 0 Å². The fourth-order valence-electron chi connectivity index (χ4n) is 1.78. The Bertz CT molecular complexity index is 657. The number of aromatic nitrogens is 1. The summed E-state index contributed by atoms with van der Waals surface area (Å²) < 4.78 is 0. The summed E-state index contributed by atoms with van der Waals surface area (Å²) in [5.74, 6) is 5.57. The van der Waals surface area contributed by atoms with Gasteiger partial charge in [0.15, 0.2) is 0 Å². The Morgan fingerprint density at radius 2 is 2.10 bits per heavy atom. The van der Waals surface area contributed by atoms with Gasteiger partial charge in [0.1, 0.15) is 0 Å². The highest BCUT2D eigenvalue weighted by Crippen LogP contribution is 2.08. The van der Waals surface area contributed by atoms with Crippen molar-refractivity contribution in [2.75, 3.05) is 6.61 Å². The van der Waals surface area contributed by atoms with E-state index in [2.05, 4.69) is 22.1 Å². The first-order chi connectivity index (χ1) is 10.3. The molecule has 2 rings (SSSR count). The van der Waals surface area contributed by atoms with E-state index in [1.165, 1.54) is 0 Å². The van der Waals surface area contributed by atoms with Crippen molar-refractivity contribution < 1.29 is 9.90 Å². The Morgan fingerprint density at radius 3 is 2.86 bits per heavy atom. The van der Waals surface area contributed by atoms with Crippen LogP contribution in [0, 0.1) is 11.8 Å². The molecule has 0 atom stereocenters. The molecule has 4 nitrogen and oxygen atoms in total. The zero-order chi connectivity index (χ0) is 14.9. The highest BCUT2D eigenvalue weighted by atomic mass is 16.2. The number of hydrogen-bond acceptors (Lipinski definition) is 3. The van der Waals surface area contributed by atoms with Crippen molar-refractivity contribution in [2.24, 2.45) is 0 Å². The Balaban J connectivity index is 2.07. The molecule has 1 aromatic heterocycles. The summed E-state index contributed by atoms with van der Waals surface area (Å²) in [7, 11) is 0. The lowest BCUT2D eigenvalue weighted by molar-refractivity contribution is 0.0950. The second-order valence-electron chi connectivity index (χ2n) is 4.36. The molecule has 2 aromatic rings. The molecule has 0 aliphatic rings. The summed E-state index contributed by atoms with van der Waals surface area (Å²) >= 11 is 0. The van der Waals surface area contributed by atoms with Gasteiger partial charge in [0.05, 0.1) is 12.2 Å². The van der Waals surface area contributed by atoms with Crippen LogP contribution >= 0.6 is 0 Å². The molecule has 0 unspecified atom stereocenters. The number of aliphatic hydroxyl groups excluding tert-OH is 1. The molecular formula is C17H16N2O2. The zero-order valence-electron chi connectivity index (χ0n) is 11.5. The molecule has 1 amide bonds. The van der Waals surface area contributed by atoms with Gasteiger partial charge in [-0.1, -0.05) is 30.0 Å². The van der Waals surface area contributed by atoms with Gasteiger partial charge in [-0.25, -0.2) is 0 Å². The smallest absolute Gasteiger partial charge is 0.252 e. The van der Waals surface area contributed by atoms with Crippen molar-refractivity contribution in [2.45, 2.75) is 13.0 Å². The Morgan fingerprint density at radius 1 is 1.24 bits per heavy atom. The lowest BCUT2D eigenvalue weighted by atomic mass is 10.1. The van der Waals surface area contributed by atoms with Gasteiger partial charge >= 0.3 is 0 Å². The molecule has 4 heteroatoms. The number of benzene rings is 1. The second-order valence-corrected chi connectivity index (χ2v) is 4.36. The predicted octanol–water partition coefficient (Wildman–Crippen LogP) is 1.75. The van der Waals surface area contributed by atoms with Crippen molar-refractivity contribution in [3.63, 3.8) is 0 Å². The zero-order valence-corrected chi connectivity index (χ0v) is 11.5. The Labute approximate surface area is 123 Å². The standard InChI is InChI=1S/C17H16N2O2/c20-11-4-3-8-15-7-1-2-9-16(15)17(21)19-13-14-6-5-10-18-12-14/h1-2,5-7,9-10,12,20H,4,11,13H2,(H,19,21). The van der Waals surface area contributed by atoms with E-state index in [0.717, 1.165) is 5.56 Å². The first-order valence-electron chi connectivity index (χ1n) is 6.67. The second kappa shape index (κ2) is 7.83. The third-order valence-electron chi connectivity index (χ3n) is 2.81. The van der Waals surface area contributed by atoms with E-state index in [9.17, 15) is 4.79 Å². The number of nitrogens with one attached hydrogen (secondary N) is 1. The fourth-order valence-corrected chi connectivity index (χ4v) is 1.78. The normalized spacial score (nSPS) is 9.57. The van der Waals surface area contributed by atoms with Crippen molar-refractivity contribution in [1.29, 1.82) is 0 Å². The minimum absolute atomic E-state index is 0.0162. The Hall–Kier alpha value is -2.64. The van der Waals surface area contributed by atoms with Crippen LogP contribution in [-0.2, 0) is 6.54 Å². The molecule has 0 aliphatic heterocycles. The van der Waals surface area contributed by atoms with Crippen LogP contribution in [0.15, 0.2) is 48.8 Å². The number of rotatable bonds is 4. The summed E-state index contributed by atoms with van der Waals surface area (Å²) in [5.41, 5.74) is 2.14. The van der Waals surface area contributed by atoms with E-state index in [-0.39, 0.29) is 12.5 Å². The van der Waals surface area contributed by atoms with Gasteiger partial charge in [-0.05, 0) is 23.8 Å². The predicted molar refractivity (Wildman–Crippen MR) is 80.4 cm³/mol. The van der Waals surface area contributed by atoms with Gasteiger partial charge in [-0.3, -0.25) is 9.78 Å². The van der Waals surface area contributed by atoms with Crippen LogP contribution in [0.25, 0.3) is 0 Å². The summed E-state index contributed by atoms with van der Waals surface area (Å²) in [4.78, 5) is 16.2. The number of pyridine rings is 1. The Kier molecular flexibility index (Phi) is 5.50. The van der Waals surface area contributed by atoms with E-state index in [1.807, 2.05) is 18.2 Å². The molecule has 21 heavy (non-hydrogen) atoms. The molecular weight excluding hydrogens is 264 g/mol. The molecule has 0 saturated carbocycles. The maximum Gasteiger partial charge on any atom is 0.252 e. The van der Waals surface area contributed by atoms with Crippen molar-refractivity contribution in [1.82, 2.24) is 10.3 Å². The maximum absolute atomic E-state index is 12.2. The fraction of sp³-hybridized carbons (Fsp3) is 0.176. The number of carbonyl (C=O) groups excluding carboxylic acids is 1. The van der Waals surface area contributed by atoms with E-state index >= 15 is 0 Å². The highest BCUT2D eigenvalue weighted by Gasteiger charge is 2.08. The molecule has 0 fully saturated rings. The van der Waals surface area contributed by atoms with Crippen LogP contribution < -0.4 is 5.32 Å². The van der Waals surface area contributed by atoms with Crippen LogP contribution in [-0.4, -0.2) is 22.6 Å². The van der Waals surface area contributed by atoms with Crippen LogP contribution in [0.4, 0.5) is 0 Å². The van der Waals surface area contributed by atoms with Crippen molar-refractivity contribution in [3.8, 4) is 11.8 Å². The van der Waals surface area contributed by atoms with E-state index in [0.29, 0.717) is 24.1 Å². The van der Waals surface area contributed by atoms with Gasteiger partial charge < -0.3 is 10.4 Å². The van der Waals surface area contributed by atoms with Crippen molar-refractivity contribution >= 4 is 5.91 Å². The lowest BCUT2D eigenvalue weighted by Crippen LogP contribution is -2.23. The minimum atomic E-state index is -0.173. The first kappa shape index (κ1) is 14.8. The summed E-state index contributed by atoms with van der Waals surface area (Å²) in [6.07, 6.45) is 3.80. The monoisotopic (exact) mass is 280 g/mol. The van der Waals surface area contributed by atoms with E-state index in [1.54, 1.807) is 30.6 Å². The summed E-state index contributed by atoms with van der Waals surface area (Å²) in [5, 5.41) is 11.6. The number of aliphatic hydroxyl groups is 1. The summed E-state index contributed by atoms with van der Waals surface area (Å²) in [6.45, 7) is 0.438. The molecule has 0 saturated heterocycles. The van der Waals surface area contributed by atoms with Gasteiger partial charge in [-0.2, -0.15) is 0 Å². The molecule has 0 radical (unpaired) electrons. The molecule has 0 aliphatic carbocycles. The molecule has 1 aromatic carbocycles. The molecule has 106 valence electrons. The number of nitrogens with zero attached hydrogens (tertiary/aromatic N) is 1. The average molecular weight is 280 g/mol. The van der Waals surface area contributed by atoms with Crippen LogP contribution in [0.3, 0.4) is 0 Å². The number of hydrogen-bond donors (Lipinski definition) is 2. The third-order valence-corrected chi connectivity index (χ3v) is 2.81. The van der Waals surface area contributed by atoms with E-state index in [4.69, 9.17) is 5.11 Å². The molecule has 0 spiro atoms. The SMILES string of the molecule is O=C(NCc1cccnc1)c1ccccc1C#CCCO. The largest absolute Gasteiger partial charge is 0.395 e. The van der Waals surface area contributed by atoms with Crippen LogP contribution in [0.1, 0.15) is 27.9 Å². The van der Waals surface area contributed by atoms with Gasteiger partial charge in [-0.15, -0.1) is 0 Å². The topological polar surface area (TPSA) is 62.2 Å². The molecule has 0 bridgehead atoms. The van der Waals surface area contributed by atoms with Crippen LogP contribution in [0.5, 0.6) is 0 Å². The van der Waals surface area contributed by atoms with Gasteiger partial charge in [0.2, 0.25) is 0 Å². The van der Waals surface area contributed by atoms with Gasteiger partial charge in [0.25, 0.3) is 5.91 Å². The van der Waals surface area contributed by atoms with Gasteiger partial charge in [0, 0.05) is 30.9 Å². The quantitative estimate of drug-likeness (QED) is 0.839. The molecule has 2 N–H and O–H groups in total. The van der Waals surface area contributed by atoms with E-state index < -0.39 is 0 Å². The van der Waals surface area contributed by atoms with Crippen molar-refractivity contribution in [3.05, 3.63) is 65.5 Å². The first-order valence-corrected chi connectivity index (χ1v) is 6.67. The average Bonchev–Trinajstić information content (AvgIpc) is 2.54. The third kappa shape index (κ3) is 4.44. The minimum Gasteiger partial charge on any atom is -0.395 e. The number of amides is 1.